The van der Waals surface area contributed by atoms with Crippen molar-refractivity contribution >= 4 is 71.3 Å². The molecule has 240 valence electrons. The van der Waals surface area contributed by atoms with Crippen molar-refractivity contribution in [2.24, 2.45) is 0 Å². The summed E-state index contributed by atoms with van der Waals surface area (Å²) in [7, 11) is 0. The van der Waals surface area contributed by atoms with E-state index in [9.17, 15) is 0 Å². The van der Waals surface area contributed by atoms with Crippen molar-refractivity contribution in [3.63, 3.8) is 0 Å². The first kappa shape index (κ1) is 29.1. The fourth-order valence-corrected chi connectivity index (χ4v) is 8.66. The van der Waals surface area contributed by atoms with Crippen LogP contribution in [0.5, 0.6) is 0 Å². The molecule has 0 atom stereocenters. The van der Waals surface area contributed by atoms with Gasteiger partial charge in [0.1, 0.15) is 11.2 Å². The maximum absolute atomic E-state index is 6.38. The zero-order valence-corrected chi connectivity index (χ0v) is 28.8. The molecule has 2 heteroatoms. The summed E-state index contributed by atoms with van der Waals surface area (Å²) in [4.78, 5) is 2.37. The first-order chi connectivity index (χ1) is 24.3. The molecular formula is C48H37NO. The summed E-state index contributed by atoms with van der Waals surface area (Å²) in [5.41, 5.74) is 10.5. The number of para-hydroxylation sites is 2. The third kappa shape index (κ3) is 3.96. The van der Waals surface area contributed by atoms with Gasteiger partial charge >= 0.3 is 0 Å². The molecule has 0 N–H and O–H groups in total. The summed E-state index contributed by atoms with van der Waals surface area (Å²) in [6.07, 6.45) is 0. The Hall–Kier alpha value is -5.86. The molecule has 0 bridgehead atoms. The molecule has 1 aromatic heterocycles. The second-order valence-corrected chi connectivity index (χ2v) is 15.0. The largest absolute Gasteiger partial charge is 0.456 e. The van der Waals surface area contributed by atoms with Crippen LogP contribution in [-0.2, 0) is 10.8 Å². The molecule has 0 unspecified atom stereocenters. The lowest BCUT2D eigenvalue weighted by molar-refractivity contribution is 0.299. The summed E-state index contributed by atoms with van der Waals surface area (Å²) in [5, 5.41) is 9.89. The van der Waals surface area contributed by atoms with Gasteiger partial charge in [0.15, 0.2) is 0 Å². The molecule has 0 fully saturated rings. The minimum atomic E-state index is -0.0673. The third-order valence-corrected chi connectivity index (χ3v) is 12.0. The molecule has 8 aromatic carbocycles. The molecule has 0 radical (unpaired) electrons. The van der Waals surface area contributed by atoms with Crippen molar-refractivity contribution in [3.05, 3.63) is 163 Å². The molecule has 2 nitrogen and oxygen atoms in total. The molecule has 9 aromatic rings. The van der Waals surface area contributed by atoms with E-state index in [1.807, 2.05) is 12.1 Å². The van der Waals surface area contributed by atoms with Gasteiger partial charge in [-0.25, -0.2) is 0 Å². The van der Waals surface area contributed by atoms with E-state index in [-0.39, 0.29) is 10.8 Å². The zero-order chi connectivity index (χ0) is 33.8. The summed E-state index contributed by atoms with van der Waals surface area (Å²) < 4.78 is 6.38. The van der Waals surface area contributed by atoms with Crippen molar-refractivity contribution in [3.8, 4) is 11.1 Å². The predicted molar refractivity (Wildman–Crippen MR) is 212 cm³/mol. The van der Waals surface area contributed by atoms with Crippen LogP contribution in [0.25, 0.3) is 65.4 Å². The number of nitrogens with zero attached hydrogens (tertiary/aromatic N) is 1. The number of hydrogen-bond acceptors (Lipinski definition) is 2. The highest BCUT2D eigenvalue weighted by Crippen LogP contribution is 2.56. The first-order valence-corrected chi connectivity index (χ1v) is 17.6. The summed E-state index contributed by atoms with van der Waals surface area (Å²) in [5.74, 6) is 0. The maximum atomic E-state index is 6.38. The van der Waals surface area contributed by atoms with E-state index in [2.05, 4.69) is 172 Å². The number of fused-ring (bicyclic) bond motifs is 11. The Morgan fingerprint density at radius 3 is 1.96 bits per heavy atom. The van der Waals surface area contributed by atoms with Gasteiger partial charge in [-0.3, -0.25) is 0 Å². The van der Waals surface area contributed by atoms with Crippen LogP contribution in [0, 0.1) is 0 Å². The highest BCUT2D eigenvalue weighted by Gasteiger charge is 2.46. The van der Waals surface area contributed by atoms with Gasteiger partial charge in [-0.05, 0) is 109 Å². The monoisotopic (exact) mass is 643 g/mol. The molecular weight excluding hydrogens is 607 g/mol. The van der Waals surface area contributed by atoms with Gasteiger partial charge in [-0.2, -0.15) is 0 Å². The first-order valence-electron chi connectivity index (χ1n) is 17.6. The number of rotatable bonds is 3. The fourth-order valence-electron chi connectivity index (χ4n) is 8.66. The van der Waals surface area contributed by atoms with Gasteiger partial charge in [0.25, 0.3) is 0 Å². The van der Waals surface area contributed by atoms with Crippen molar-refractivity contribution < 1.29 is 4.42 Å². The van der Waals surface area contributed by atoms with E-state index in [4.69, 9.17) is 4.42 Å². The highest BCUT2D eigenvalue weighted by molar-refractivity contribution is 6.15. The fraction of sp³-hybridized carbons (Fsp3) is 0.125. The summed E-state index contributed by atoms with van der Waals surface area (Å²) >= 11 is 0. The third-order valence-electron chi connectivity index (χ3n) is 12.0. The van der Waals surface area contributed by atoms with Crippen LogP contribution in [0.15, 0.2) is 156 Å². The standard InChI is InChI=1S/C48H37NO/c1-47(2)41-26-22-30-13-8-9-16-34(30)46(41)40-29-39-31(27-42(40)48(47,3)4)21-24-36-35(39)18-12-19-43(36)49(32-14-6-5-7-15-32)33-23-25-38-37-17-10-11-20-44(37)50-45(38)28-33/h5-29H,1-4H3. The topological polar surface area (TPSA) is 16.4 Å². The SMILES string of the molecule is CC1(C)c2cc3ccc4c(N(c5ccccc5)c5ccc6c(c5)oc5ccccc56)cccc4c3cc2-c2c(ccc3ccccc23)C1(C)C. The second-order valence-electron chi connectivity index (χ2n) is 15.0. The van der Waals surface area contributed by atoms with Gasteiger partial charge in [-0.1, -0.05) is 125 Å². The lowest BCUT2D eigenvalue weighted by atomic mass is 9.55. The summed E-state index contributed by atoms with van der Waals surface area (Å²) in [6, 6.07) is 55.5. The van der Waals surface area contributed by atoms with Crippen LogP contribution in [-0.4, -0.2) is 0 Å². The smallest absolute Gasteiger partial charge is 0.137 e. The molecule has 0 saturated carbocycles. The number of anilines is 3. The van der Waals surface area contributed by atoms with Crippen LogP contribution >= 0.6 is 0 Å². The van der Waals surface area contributed by atoms with Crippen molar-refractivity contribution in [1.82, 2.24) is 0 Å². The van der Waals surface area contributed by atoms with E-state index >= 15 is 0 Å². The van der Waals surface area contributed by atoms with E-state index in [1.54, 1.807) is 0 Å². The Balaban J connectivity index is 1.24. The zero-order valence-electron chi connectivity index (χ0n) is 28.8. The Kier molecular flexibility index (Phi) is 6.01. The molecule has 0 spiro atoms. The Bertz CT molecular complexity index is 2820. The lowest BCUT2D eigenvalue weighted by Gasteiger charge is -2.48. The molecule has 0 amide bonds. The Labute approximate surface area is 292 Å². The van der Waals surface area contributed by atoms with E-state index in [1.165, 1.54) is 54.6 Å². The quantitative estimate of drug-likeness (QED) is 0.178. The lowest BCUT2D eigenvalue weighted by Crippen LogP contribution is -2.43. The highest BCUT2D eigenvalue weighted by atomic mass is 16.3. The van der Waals surface area contributed by atoms with Crippen LogP contribution in [0.1, 0.15) is 38.8 Å². The average Bonchev–Trinajstić information content (AvgIpc) is 3.52. The normalized spacial score (nSPS) is 14.7. The summed E-state index contributed by atoms with van der Waals surface area (Å²) in [6.45, 7) is 9.68. The van der Waals surface area contributed by atoms with Crippen molar-refractivity contribution in [2.75, 3.05) is 4.90 Å². The number of furan rings is 1. The number of benzene rings is 8. The maximum Gasteiger partial charge on any atom is 0.137 e. The molecule has 0 saturated heterocycles. The molecule has 0 aliphatic heterocycles. The van der Waals surface area contributed by atoms with Crippen LogP contribution in [0.3, 0.4) is 0 Å². The Morgan fingerprint density at radius 2 is 1.10 bits per heavy atom. The van der Waals surface area contributed by atoms with E-state index in [0.717, 1.165) is 39.0 Å². The molecule has 1 aliphatic carbocycles. The van der Waals surface area contributed by atoms with Gasteiger partial charge < -0.3 is 9.32 Å². The van der Waals surface area contributed by atoms with Crippen LogP contribution in [0.2, 0.25) is 0 Å². The minimum absolute atomic E-state index is 0.0474. The van der Waals surface area contributed by atoms with Crippen LogP contribution in [0.4, 0.5) is 17.1 Å². The van der Waals surface area contributed by atoms with E-state index in [0.29, 0.717) is 0 Å². The molecule has 1 heterocycles. The molecule has 1 aliphatic rings. The van der Waals surface area contributed by atoms with Crippen LogP contribution < -0.4 is 4.90 Å². The molecule has 50 heavy (non-hydrogen) atoms. The van der Waals surface area contributed by atoms with Crippen molar-refractivity contribution in [1.29, 1.82) is 0 Å². The average molecular weight is 644 g/mol. The minimum Gasteiger partial charge on any atom is -0.456 e. The van der Waals surface area contributed by atoms with Gasteiger partial charge in [0.2, 0.25) is 0 Å². The predicted octanol–water partition coefficient (Wildman–Crippen LogP) is 13.8. The Morgan fingerprint density at radius 1 is 0.420 bits per heavy atom. The second kappa shape index (κ2) is 10.3. The van der Waals surface area contributed by atoms with Gasteiger partial charge in [0.05, 0.1) is 5.69 Å². The number of hydrogen-bond donors (Lipinski definition) is 0. The van der Waals surface area contributed by atoms with Crippen molar-refractivity contribution in [2.45, 2.75) is 38.5 Å². The van der Waals surface area contributed by atoms with E-state index < -0.39 is 0 Å². The van der Waals surface area contributed by atoms with Gasteiger partial charge in [-0.15, -0.1) is 0 Å². The molecule has 10 rings (SSSR count). The van der Waals surface area contributed by atoms with Gasteiger partial charge in [0, 0.05) is 33.6 Å².